The highest BCUT2D eigenvalue weighted by molar-refractivity contribution is 5.75. The summed E-state index contributed by atoms with van der Waals surface area (Å²) < 4.78 is 12.0. The van der Waals surface area contributed by atoms with Gasteiger partial charge in [0.2, 0.25) is 5.91 Å². The summed E-state index contributed by atoms with van der Waals surface area (Å²) >= 11 is 0. The molecule has 3 N–H and O–H groups in total. The van der Waals surface area contributed by atoms with Gasteiger partial charge in [-0.2, -0.15) is 0 Å². The summed E-state index contributed by atoms with van der Waals surface area (Å²) in [5.74, 6) is -0.383. The minimum Gasteiger partial charge on any atom is -0.354 e. The van der Waals surface area contributed by atoms with Gasteiger partial charge in [-0.05, 0) is 26.9 Å². The number of likely N-dealkylation sites (N-methyl/N-ethyl adjacent to an activating group) is 1. The Morgan fingerprint density at radius 2 is 1.57 bits per heavy atom. The van der Waals surface area contributed by atoms with E-state index in [1.807, 2.05) is 14.1 Å². The lowest BCUT2D eigenvalue weighted by Crippen LogP contribution is -2.42. The van der Waals surface area contributed by atoms with Crippen LogP contribution in [0.2, 0.25) is 0 Å². The summed E-state index contributed by atoms with van der Waals surface area (Å²) in [6.45, 7) is 3.23. The molecule has 1 saturated carbocycles. The van der Waals surface area contributed by atoms with Gasteiger partial charge in [0.1, 0.15) is 0 Å². The fourth-order valence-electron chi connectivity index (χ4n) is 2.51. The zero-order chi connectivity index (χ0) is 15.4. The van der Waals surface area contributed by atoms with E-state index in [2.05, 4.69) is 16.0 Å². The zero-order valence-electron chi connectivity index (χ0n) is 13.5. The van der Waals surface area contributed by atoms with Crippen molar-refractivity contribution in [3.05, 3.63) is 0 Å². The van der Waals surface area contributed by atoms with Crippen molar-refractivity contribution in [2.45, 2.75) is 44.3 Å². The largest absolute Gasteiger partial charge is 0.354 e. The lowest BCUT2D eigenvalue weighted by atomic mass is 9.94. The second-order valence-electron chi connectivity index (χ2n) is 5.48. The predicted molar refractivity (Wildman–Crippen MR) is 83.2 cm³/mol. The third-order valence-electron chi connectivity index (χ3n) is 3.72. The third kappa shape index (κ3) is 7.76. The SMILES string of the molecule is CNCCOC1(OCCNC(=O)CCNC)CCCCC1. The molecular formula is C15H31N3O3. The molecule has 0 atom stereocenters. The van der Waals surface area contributed by atoms with Crippen LogP contribution in [0.5, 0.6) is 0 Å². The van der Waals surface area contributed by atoms with E-state index in [9.17, 15) is 4.79 Å². The monoisotopic (exact) mass is 301 g/mol. The number of hydrogen-bond acceptors (Lipinski definition) is 5. The minimum absolute atomic E-state index is 0.0572. The van der Waals surface area contributed by atoms with E-state index in [1.54, 1.807) is 0 Å². The summed E-state index contributed by atoms with van der Waals surface area (Å²) in [5.41, 5.74) is 0. The first-order valence-electron chi connectivity index (χ1n) is 8.06. The summed E-state index contributed by atoms with van der Waals surface area (Å²) in [7, 11) is 3.75. The molecule has 1 aliphatic rings. The number of ether oxygens (including phenoxy) is 2. The molecule has 0 aromatic carbocycles. The molecule has 0 aromatic heterocycles. The molecule has 0 radical (unpaired) electrons. The number of nitrogens with one attached hydrogen (secondary N) is 3. The Kier molecular flexibility index (Phi) is 9.58. The van der Waals surface area contributed by atoms with Crippen molar-refractivity contribution < 1.29 is 14.3 Å². The van der Waals surface area contributed by atoms with E-state index in [1.165, 1.54) is 6.42 Å². The molecule has 0 spiro atoms. The molecule has 0 aliphatic heterocycles. The van der Waals surface area contributed by atoms with Crippen LogP contribution in [0.1, 0.15) is 38.5 Å². The maximum atomic E-state index is 11.5. The van der Waals surface area contributed by atoms with Crippen molar-refractivity contribution in [3.8, 4) is 0 Å². The van der Waals surface area contributed by atoms with Gasteiger partial charge in [-0.25, -0.2) is 0 Å². The van der Waals surface area contributed by atoms with Crippen molar-refractivity contribution in [1.29, 1.82) is 0 Å². The van der Waals surface area contributed by atoms with Crippen LogP contribution in [0.3, 0.4) is 0 Å². The molecule has 1 rings (SSSR count). The van der Waals surface area contributed by atoms with Gasteiger partial charge in [0.25, 0.3) is 0 Å². The number of amides is 1. The minimum atomic E-state index is -0.440. The topological polar surface area (TPSA) is 71.6 Å². The van der Waals surface area contributed by atoms with Crippen LogP contribution in [0.4, 0.5) is 0 Å². The number of hydrogen-bond donors (Lipinski definition) is 3. The van der Waals surface area contributed by atoms with Crippen LogP contribution in [0.15, 0.2) is 0 Å². The molecule has 0 bridgehead atoms. The Balaban J connectivity index is 2.24. The fourth-order valence-corrected chi connectivity index (χ4v) is 2.51. The van der Waals surface area contributed by atoms with Gasteiger partial charge in [0, 0.05) is 38.9 Å². The van der Waals surface area contributed by atoms with Crippen LogP contribution < -0.4 is 16.0 Å². The van der Waals surface area contributed by atoms with Crippen LogP contribution in [0, 0.1) is 0 Å². The van der Waals surface area contributed by atoms with Gasteiger partial charge in [0.05, 0.1) is 13.2 Å². The van der Waals surface area contributed by atoms with Crippen LogP contribution in [0.25, 0.3) is 0 Å². The van der Waals surface area contributed by atoms with E-state index in [0.717, 1.165) is 32.2 Å². The fraction of sp³-hybridized carbons (Fsp3) is 0.933. The first-order chi connectivity index (χ1) is 10.2. The van der Waals surface area contributed by atoms with Crippen LogP contribution in [-0.4, -0.2) is 58.6 Å². The predicted octanol–water partition coefficient (Wildman–Crippen LogP) is 0.625. The highest BCUT2D eigenvalue weighted by Gasteiger charge is 2.33. The lowest BCUT2D eigenvalue weighted by molar-refractivity contribution is -0.250. The van der Waals surface area contributed by atoms with Crippen LogP contribution >= 0.6 is 0 Å². The molecular weight excluding hydrogens is 270 g/mol. The molecule has 1 amide bonds. The quantitative estimate of drug-likeness (QED) is 0.385. The highest BCUT2D eigenvalue weighted by atomic mass is 16.7. The molecule has 6 nitrogen and oxygen atoms in total. The van der Waals surface area contributed by atoms with Gasteiger partial charge in [-0.15, -0.1) is 0 Å². The van der Waals surface area contributed by atoms with Crippen LogP contribution in [-0.2, 0) is 14.3 Å². The van der Waals surface area contributed by atoms with E-state index >= 15 is 0 Å². The molecule has 21 heavy (non-hydrogen) atoms. The standard InChI is InChI=1S/C15H31N3O3/c1-16-9-6-14(19)18-11-13-21-15(20-12-10-17-2)7-4-3-5-8-15/h16-17H,3-13H2,1-2H3,(H,18,19). The second kappa shape index (κ2) is 11.0. The van der Waals surface area contributed by atoms with Gasteiger partial charge >= 0.3 is 0 Å². The van der Waals surface area contributed by atoms with Gasteiger partial charge in [0.15, 0.2) is 5.79 Å². The Morgan fingerprint density at radius 1 is 0.952 bits per heavy atom. The number of carbonyl (C=O) groups excluding carboxylic acids is 1. The Morgan fingerprint density at radius 3 is 2.19 bits per heavy atom. The average Bonchev–Trinajstić information content (AvgIpc) is 2.51. The average molecular weight is 301 g/mol. The summed E-state index contributed by atoms with van der Waals surface area (Å²) in [4.78, 5) is 11.5. The summed E-state index contributed by atoms with van der Waals surface area (Å²) in [5, 5.41) is 8.91. The third-order valence-corrected chi connectivity index (χ3v) is 3.72. The van der Waals surface area contributed by atoms with Gasteiger partial charge in [-0.1, -0.05) is 6.42 Å². The van der Waals surface area contributed by atoms with E-state index in [-0.39, 0.29) is 5.91 Å². The molecule has 0 aromatic rings. The Bertz CT molecular complexity index is 281. The zero-order valence-corrected chi connectivity index (χ0v) is 13.5. The van der Waals surface area contributed by atoms with Crippen molar-refractivity contribution in [2.75, 3.05) is 46.9 Å². The Labute approximate surface area is 128 Å². The lowest BCUT2D eigenvalue weighted by Gasteiger charge is -2.37. The van der Waals surface area contributed by atoms with E-state index < -0.39 is 5.79 Å². The summed E-state index contributed by atoms with van der Waals surface area (Å²) in [6, 6.07) is 0. The smallest absolute Gasteiger partial charge is 0.221 e. The molecule has 1 fully saturated rings. The van der Waals surface area contributed by atoms with Crippen molar-refractivity contribution >= 4 is 5.91 Å². The van der Waals surface area contributed by atoms with E-state index in [0.29, 0.717) is 32.7 Å². The molecule has 124 valence electrons. The first-order valence-corrected chi connectivity index (χ1v) is 8.06. The Hall–Kier alpha value is -0.690. The number of carbonyl (C=O) groups is 1. The summed E-state index contributed by atoms with van der Waals surface area (Å²) in [6.07, 6.45) is 5.94. The van der Waals surface area contributed by atoms with Crippen molar-refractivity contribution in [1.82, 2.24) is 16.0 Å². The van der Waals surface area contributed by atoms with Gasteiger partial charge < -0.3 is 25.4 Å². The molecule has 0 heterocycles. The highest BCUT2D eigenvalue weighted by Crippen LogP contribution is 2.32. The molecule has 1 aliphatic carbocycles. The van der Waals surface area contributed by atoms with Crippen molar-refractivity contribution in [3.63, 3.8) is 0 Å². The van der Waals surface area contributed by atoms with Crippen molar-refractivity contribution in [2.24, 2.45) is 0 Å². The molecule has 0 unspecified atom stereocenters. The second-order valence-corrected chi connectivity index (χ2v) is 5.48. The van der Waals surface area contributed by atoms with Gasteiger partial charge in [-0.3, -0.25) is 4.79 Å². The van der Waals surface area contributed by atoms with E-state index in [4.69, 9.17) is 9.47 Å². The maximum Gasteiger partial charge on any atom is 0.221 e. The molecule has 0 saturated heterocycles. The molecule has 6 heteroatoms. The number of rotatable bonds is 11. The maximum absolute atomic E-state index is 11.5. The normalized spacial score (nSPS) is 17.6. The first kappa shape index (κ1) is 18.4.